The molecule has 0 amide bonds. The summed E-state index contributed by atoms with van der Waals surface area (Å²) < 4.78 is 5.80. The largest absolute Gasteiger partial charge is 0.460 e. The Hall–Kier alpha value is -1.81. The van der Waals surface area contributed by atoms with Crippen LogP contribution in [-0.2, 0) is 0 Å². The predicted molar refractivity (Wildman–Crippen MR) is 138 cm³/mol. The van der Waals surface area contributed by atoms with Crippen LogP contribution in [0.3, 0.4) is 0 Å². The molecule has 2 aromatic rings. The fraction of sp³-hybridized carbons (Fsp3) is 0.409. The molecule has 7 nitrogen and oxygen atoms in total. The number of hydrogen-bond donors (Lipinski definition) is 2. The van der Waals surface area contributed by atoms with Crippen LogP contribution in [0.2, 0.25) is 10.0 Å². The minimum absolute atomic E-state index is 0.0186. The number of nitrogens with zero attached hydrogens (tertiary/aromatic N) is 4. The molecule has 0 fully saturated rings. The number of hydrogen-bond acceptors (Lipinski definition) is 9. The molecular formula is C22H26Cl2N6OS2. The molecule has 2 aliphatic heterocycles. The number of amidine groups is 1. The lowest BCUT2D eigenvalue weighted by Crippen LogP contribution is -2.53. The normalized spacial score (nSPS) is 18.0. The number of benzene rings is 1. The van der Waals surface area contributed by atoms with Crippen LogP contribution in [-0.4, -0.2) is 39.0 Å². The topological polar surface area (TPSA) is 74.7 Å². The highest BCUT2D eigenvalue weighted by molar-refractivity contribution is 7.99. The SMILES string of the molecule is CCCSc1nc2c(c(SC)n1)C1=NC(=COc3ccc(Cl)cc3Cl)NN1C(CC(C)C)N2. The first-order valence-electron chi connectivity index (χ1n) is 10.7. The maximum atomic E-state index is 6.24. The van der Waals surface area contributed by atoms with Gasteiger partial charge in [-0.25, -0.2) is 20.0 Å². The predicted octanol–water partition coefficient (Wildman–Crippen LogP) is 6.25. The molecule has 2 aliphatic rings. The van der Waals surface area contributed by atoms with Gasteiger partial charge >= 0.3 is 0 Å². The molecule has 3 heterocycles. The van der Waals surface area contributed by atoms with E-state index in [1.807, 2.05) is 11.3 Å². The van der Waals surface area contributed by atoms with E-state index in [9.17, 15) is 0 Å². The van der Waals surface area contributed by atoms with Gasteiger partial charge in [0.2, 0.25) is 0 Å². The Morgan fingerprint density at radius 2 is 2.09 bits per heavy atom. The second kappa shape index (κ2) is 10.6. The minimum Gasteiger partial charge on any atom is -0.460 e. The Balaban J connectivity index is 1.70. The number of nitrogens with one attached hydrogen (secondary N) is 2. The third-order valence-electron chi connectivity index (χ3n) is 4.90. The molecule has 0 bridgehead atoms. The van der Waals surface area contributed by atoms with Crippen molar-refractivity contribution < 1.29 is 4.74 Å². The minimum atomic E-state index is -0.0186. The Morgan fingerprint density at radius 3 is 2.79 bits per heavy atom. The molecule has 176 valence electrons. The average molecular weight is 526 g/mol. The van der Waals surface area contributed by atoms with Gasteiger partial charge in [0, 0.05) is 10.8 Å². The van der Waals surface area contributed by atoms with E-state index < -0.39 is 0 Å². The van der Waals surface area contributed by atoms with Crippen LogP contribution in [0.5, 0.6) is 5.75 Å². The van der Waals surface area contributed by atoms with Crippen molar-refractivity contribution in [1.82, 2.24) is 20.4 Å². The summed E-state index contributed by atoms with van der Waals surface area (Å²) >= 11 is 15.5. The third kappa shape index (κ3) is 5.48. The van der Waals surface area contributed by atoms with Crippen LogP contribution < -0.4 is 15.5 Å². The second-order valence-electron chi connectivity index (χ2n) is 7.99. The zero-order chi connectivity index (χ0) is 23.5. The maximum absolute atomic E-state index is 6.24. The monoisotopic (exact) mass is 524 g/mol. The Bertz CT molecular complexity index is 1090. The molecule has 2 N–H and O–H groups in total. The number of hydrazine groups is 1. The number of fused-ring (bicyclic) bond motifs is 3. The number of aliphatic imine (C=N–C) groups is 1. The first kappa shape index (κ1) is 24.3. The third-order valence-corrected chi connectivity index (χ3v) is 7.16. The van der Waals surface area contributed by atoms with Crippen molar-refractivity contribution in [3.05, 3.63) is 45.9 Å². The molecule has 0 radical (unpaired) electrons. The van der Waals surface area contributed by atoms with E-state index in [4.69, 9.17) is 42.9 Å². The van der Waals surface area contributed by atoms with Gasteiger partial charge in [-0.1, -0.05) is 55.7 Å². The van der Waals surface area contributed by atoms with E-state index in [2.05, 4.69) is 31.5 Å². The van der Waals surface area contributed by atoms with Crippen molar-refractivity contribution in [3.8, 4) is 5.75 Å². The summed E-state index contributed by atoms with van der Waals surface area (Å²) in [5.41, 5.74) is 4.25. The second-order valence-corrected chi connectivity index (χ2v) is 10.7. The van der Waals surface area contributed by atoms with Gasteiger partial charge in [-0.2, -0.15) is 0 Å². The standard InChI is InChI=1S/C22H26Cl2N6OS2/c1-5-8-33-22-27-19-18(21(28-22)32-4)20-25-16(29-30(20)17(26-19)9-12(2)3)11-31-15-7-6-13(23)10-14(15)24/h6-7,10-12,17,29H,5,8-9H2,1-4H3,(H,26,27,28). The number of thioether (sulfide) groups is 2. The van der Waals surface area contributed by atoms with Gasteiger partial charge in [-0.3, -0.25) is 5.43 Å². The number of halogens is 2. The molecule has 11 heteroatoms. The van der Waals surface area contributed by atoms with Gasteiger partial charge in [0.05, 0.1) is 10.6 Å². The Labute approximate surface area is 212 Å². The van der Waals surface area contributed by atoms with Gasteiger partial charge in [-0.15, -0.1) is 11.8 Å². The van der Waals surface area contributed by atoms with Gasteiger partial charge in [-0.05, 0) is 43.2 Å². The number of aromatic nitrogens is 2. The summed E-state index contributed by atoms with van der Waals surface area (Å²) in [5, 5.41) is 8.29. The van der Waals surface area contributed by atoms with E-state index in [-0.39, 0.29) is 6.17 Å². The average Bonchev–Trinajstić information content (AvgIpc) is 3.20. The molecular weight excluding hydrogens is 499 g/mol. The highest BCUT2D eigenvalue weighted by Gasteiger charge is 2.38. The lowest BCUT2D eigenvalue weighted by Gasteiger charge is -2.37. The van der Waals surface area contributed by atoms with Crippen molar-refractivity contribution in [3.63, 3.8) is 0 Å². The van der Waals surface area contributed by atoms with Crippen molar-refractivity contribution in [2.24, 2.45) is 10.9 Å². The fourth-order valence-corrected chi connectivity index (χ4v) is 5.26. The molecule has 0 aliphatic carbocycles. The Morgan fingerprint density at radius 1 is 1.27 bits per heavy atom. The summed E-state index contributed by atoms with van der Waals surface area (Å²) in [6, 6.07) is 5.10. The summed E-state index contributed by atoms with van der Waals surface area (Å²) in [7, 11) is 0. The van der Waals surface area contributed by atoms with Crippen molar-refractivity contribution in [2.45, 2.75) is 50.0 Å². The highest BCUT2D eigenvalue weighted by atomic mass is 35.5. The first-order valence-corrected chi connectivity index (χ1v) is 13.7. The molecule has 0 spiro atoms. The molecule has 1 aromatic heterocycles. The van der Waals surface area contributed by atoms with Crippen molar-refractivity contribution in [1.29, 1.82) is 0 Å². The van der Waals surface area contributed by atoms with Crippen LogP contribution in [0.25, 0.3) is 0 Å². The molecule has 1 atom stereocenters. The molecule has 0 saturated heterocycles. The van der Waals surface area contributed by atoms with Crippen molar-refractivity contribution in [2.75, 3.05) is 17.3 Å². The zero-order valence-corrected chi connectivity index (χ0v) is 22.0. The first-order chi connectivity index (χ1) is 15.9. The number of ether oxygens (including phenoxy) is 1. The van der Waals surface area contributed by atoms with E-state index in [0.29, 0.717) is 27.5 Å². The lowest BCUT2D eigenvalue weighted by atomic mass is 10.1. The smallest absolute Gasteiger partial charge is 0.190 e. The van der Waals surface area contributed by atoms with Gasteiger partial charge in [0.1, 0.15) is 29.0 Å². The van der Waals surface area contributed by atoms with Gasteiger partial charge in [0.15, 0.2) is 16.8 Å². The summed E-state index contributed by atoms with van der Waals surface area (Å²) in [6.45, 7) is 6.55. The quantitative estimate of drug-likeness (QED) is 0.181. The van der Waals surface area contributed by atoms with E-state index in [0.717, 1.165) is 46.0 Å². The molecule has 1 unspecified atom stereocenters. The van der Waals surface area contributed by atoms with E-state index in [1.165, 1.54) is 0 Å². The molecule has 4 rings (SSSR count). The van der Waals surface area contributed by atoms with E-state index >= 15 is 0 Å². The molecule has 0 saturated carbocycles. The van der Waals surface area contributed by atoms with Crippen LogP contribution in [0.15, 0.2) is 45.5 Å². The Kier molecular flexibility index (Phi) is 7.83. The summed E-state index contributed by atoms with van der Waals surface area (Å²) in [4.78, 5) is 14.4. The maximum Gasteiger partial charge on any atom is 0.190 e. The highest BCUT2D eigenvalue weighted by Crippen LogP contribution is 2.36. The molecule has 1 aromatic carbocycles. The summed E-state index contributed by atoms with van der Waals surface area (Å²) in [5.74, 6) is 4.12. The lowest BCUT2D eigenvalue weighted by molar-refractivity contribution is 0.251. The fourth-order valence-electron chi connectivity index (χ4n) is 3.48. The van der Waals surface area contributed by atoms with Crippen LogP contribution in [0.4, 0.5) is 5.82 Å². The number of rotatable bonds is 8. The molecule has 33 heavy (non-hydrogen) atoms. The van der Waals surface area contributed by atoms with Crippen LogP contribution in [0, 0.1) is 5.92 Å². The van der Waals surface area contributed by atoms with Crippen LogP contribution in [0.1, 0.15) is 39.2 Å². The van der Waals surface area contributed by atoms with Crippen molar-refractivity contribution >= 4 is 58.4 Å². The van der Waals surface area contributed by atoms with E-state index in [1.54, 1.807) is 48.0 Å². The van der Waals surface area contributed by atoms with Gasteiger partial charge in [0.25, 0.3) is 0 Å². The van der Waals surface area contributed by atoms with Gasteiger partial charge < -0.3 is 10.1 Å². The number of anilines is 1. The zero-order valence-electron chi connectivity index (χ0n) is 18.9. The summed E-state index contributed by atoms with van der Waals surface area (Å²) in [6.07, 6.45) is 5.53. The van der Waals surface area contributed by atoms with Crippen LogP contribution >= 0.6 is 46.7 Å².